The van der Waals surface area contributed by atoms with Crippen molar-refractivity contribution >= 4 is 8.32 Å². The Kier molecular flexibility index (Phi) is 4.22. The van der Waals surface area contributed by atoms with E-state index in [1.54, 1.807) is 0 Å². The average molecular weight is 246 g/mol. The fraction of sp³-hybridized carbons (Fsp3) is 1.00. The van der Waals surface area contributed by atoms with Crippen LogP contribution in [0.3, 0.4) is 0 Å². The van der Waals surface area contributed by atoms with Crippen molar-refractivity contribution < 1.29 is 14.6 Å². The highest BCUT2D eigenvalue weighted by molar-refractivity contribution is 6.74. The van der Waals surface area contributed by atoms with Crippen LogP contribution < -0.4 is 0 Å². The van der Waals surface area contributed by atoms with Crippen LogP contribution in [0.15, 0.2) is 0 Å². The number of aliphatic hydroxyl groups excluding tert-OH is 2. The predicted octanol–water partition coefficient (Wildman–Crippen LogP) is 2.14. The summed E-state index contributed by atoms with van der Waals surface area (Å²) >= 11 is 0. The van der Waals surface area contributed by atoms with Crippen LogP contribution in [0, 0.1) is 5.92 Å². The van der Waals surface area contributed by atoms with Crippen molar-refractivity contribution in [3.05, 3.63) is 0 Å². The summed E-state index contributed by atoms with van der Waals surface area (Å²) in [5.74, 6) is 0.00904. The van der Waals surface area contributed by atoms with Gasteiger partial charge < -0.3 is 14.6 Å². The summed E-state index contributed by atoms with van der Waals surface area (Å²) in [5, 5.41) is 19.0. The van der Waals surface area contributed by atoms with Crippen molar-refractivity contribution in [2.24, 2.45) is 5.92 Å². The fourth-order valence-electron chi connectivity index (χ4n) is 1.94. The van der Waals surface area contributed by atoms with Gasteiger partial charge in [-0.2, -0.15) is 0 Å². The molecule has 0 saturated heterocycles. The largest absolute Gasteiger partial charge is 0.414 e. The molecule has 0 radical (unpaired) electrons. The Balaban J connectivity index is 2.57. The number of aliphatic hydroxyl groups is 2. The minimum absolute atomic E-state index is 0.00904. The van der Waals surface area contributed by atoms with E-state index in [-0.39, 0.29) is 29.8 Å². The molecule has 1 saturated carbocycles. The Labute approximate surface area is 100.0 Å². The van der Waals surface area contributed by atoms with E-state index in [0.29, 0.717) is 6.42 Å². The molecule has 0 heterocycles. The Bertz CT molecular complexity index is 235. The molecule has 2 N–H and O–H groups in total. The lowest BCUT2D eigenvalue weighted by atomic mass is 10.1. The molecule has 0 spiro atoms. The second-order valence-corrected chi connectivity index (χ2v) is 11.2. The first-order chi connectivity index (χ1) is 7.17. The third-order valence-corrected chi connectivity index (χ3v) is 8.65. The smallest absolute Gasteiger partial charge is 0.192 e. The van der Waals surface area contributed by atoms with Crippen LogP contribution in [-0.4, -0.2) is 37.3 Å². The maximum absolute atomic E-state index is 9.73. The lowest BCUT2D eigenvalue weighted by Gasteiger charge is -2.38. The summed E-state index contributed by atoms with van der Waals surface area (Å²) in [4.78, 5) is 0. The van der Waals surface area contributed by atoms with Gasteiger partial charge in [-0.25, -0.2) is 0 Å². The number of hydrogen-bond acceptors (Lipinski definition) is 3. The van der Waals surface area contributed by atoms with Crippen molar-refractivity contribution in [2.45, 2.75) is 64.0 Å². The first-order valence-electron chi connectivity index (χ1n) is 6.14. The highest BCUT2D eigenvalue weighted by atomic mass is 28.4. The molecule has 0 bridgehead atoms. The summed E-state index contributed by atoms with van der Waals surface area (Å²) in [6, 6.07) is 0. The second-order valence-electron chi connectivity index (χ2n) is 6.48. The predicted molar refractivity (Wildman–Crippen MR) is 67.9 cm³/mol. The summed E-state index contributed by atoms with van der Waals surface area (Å²) in [6.07, 6.45) is 1.22. The van der Waals surface area contributed by atoms with Gasteiger partial charge in [0.05, 0.1) is 6.10 Å². The highest BCUT2D eigenvalue weighted by Gasteiger charge is 2.42. The maximum atomic E-state index is 9.73. The van der Waals surface area contributed by atoms with Crippen LogP contribution in [0.2, 0.25) is 18.1 Å². The summed E-state index contributed by atoms with van der Waals surface area (Å²) in [5.41, 5.74) is 0. The topological polar surface area (TPSA) is 49.7 Å². The molecule has 3 atom stereocenters. The number of rotatable bonds is 3. The van der Waals surface area contributed by atoms with Crippen molar-refractivity contribution in [3.63, 3.8) is 0 Å². The molecule has 1 aliphatic rings. The standard InChI is InChI=1S/C12H26O3Si/c1-12(2,3)16(4,5)15-10-6-9(8-13)11(14)7-10/h9-11,13-14H,6-8H2,1-5H3/t9-,10+,11+/m0/s1. The van der Waals surface area contributed by atoms with E-state index in [9.17, 15) is 5.11 Å². The second kappa shape index (κ2) is 4.76. The summed E-state index contributed by atoms with van der Waals surface area (Å²) in [7, 11) is -1.73. The monoisotopic (exact) mass is 246 g/mol. The summed E-state index contributed by atoms with van der Waals surface area (Å²) in [6.45, 7) is 11.2. The summed E-state index contributed by atoms with van der Waals surface area (Å²) < 4.78 is 6.23. The van der Waals surface area contributed by atoms with Gasteiger partial charge in [0.25, 0.3) is 0 Å². The fourth-order valence-corrected chi connectivity index (χ4v) is 3.32. The first-order valence-corrected chi connectivity index (χ1v) is 9.05. The SMILES string of the molecule is CC(C)(C)[Si](C)(C)O[C@@H]1C[C@@H](CO)[C@H](O)C1. The zero-order chi connectivity index (χ0) is 12.6. The third-order valence-electron chi connectivity index (χ3n) is 4.12. The molecule has 4 heteroatoms. The Morgan fingerprint density at radius 1 is 1.25 bits per heavy atom. The van der Waals surface area contributed by atoms with E-state index in [0.717, 1.165) is 6.42 Å². The van der Waals surface area contributed by atoms with Crippen molar-refractivity contribution in [3.8, 4) is 0 Å². The van der Waals surface area contributed by atoms with Crippen molar-refractivity contribution in [1.29, 1.82) is 0 Å². The Hall–Kier alpha value is 0.0969. The van der Waals surface area contributed by atoms with E-state index in [4.69, 9.17) is 9.53 Å². The van der Waals surface area contributed by atoms with E-state index in [2.05, 4.69) is 33.9 Å². The van der Waals surface area contributed by atoms with Gasteiger partial charge in [0.15, 0.2) is 8.32 Å². The molecule has 0 aromatic carbocycles. The average Bonchev–Trinajstić information content (AvgIpc) is 2.43. The van der Waals surface area contributed by atoms with Crippen molar-refractivity contribution in [1.82, 2.24) is 0 Å². The molecule has 0 aromatic rings. The molecule has 1 aliphatic carbocycles. The normalized spacial score (nSPS) is 32.1. The zero-order valence-corrected chi connectivity index (χ0v) is 12.2. The lowest BCUT2D eigenvalue weighted by molar-refractivity contribution is 0.0895. The quantitative estimate of drug-likeness (QED) is 0.750. The van der Waals surface area contributed by atoms with Crippen LogP contribution in [0.1, 0.15) is 33.6 Å². The molecule has 0 amide bonds. The van der Waals surface area contributed by atoms with E-state index < -0.39 is 8.32 Å². The van der Waals surface area contributed by atoms with Crippen LogP contribution in [-0.2, 0) is 4.43 Å². The molecule has 0 aliphatic heterocycles. The van der Waals surface area contributed by atoms with E-state index >= 15 is 0 Å². The van der Waals surface area contributed by atoms with Crippen molar-refractivity contribution in [2.75, 3.05) is 6.61 Å². The molecular weight excluding hydrogens is 220 g/mol. The lowest BCUT2D eigenvalue weighted by Crippen LogP contribution is -2.43. The zero-order valence-electron chi connectivity index (χ0n) is 11.2. The maximum Gasteiger partial charge on any atom is 0.192 e. The molecule has 1 rings (SSSR count). The molecule has 1 fully saturated rings. The van der Waals surface area contributed by atoms with Crippen LogP contribution in [0.4, 0.5) is 0 Å². The van der Waals surface area contributed by atoms with Crippen LogP contribution in [0.5, 0.6) is 0 Å². The molecule has 0 aromatic heterocycles. The molecule has 96 valence electrons. The third kappa shape index (κ3) is 3.06. The molecular formula is C12H26O3Si. The van der Waals surface area contributed by atoms with Gasteiger partial charge in [0.1, 0.15) is 0 Å². The molecule has 3 nitrogen and oxygen atoms in total. The van der Waals surface area contributed by atoms with Gasteiger partial charge in [-0.3, -0.25) is 0 Å². The Morgan fingerprint density at radius 2 is 1.81 bits per heavy atom. The highest BCUT2D eigenvalue weighted by Crippen LogP contribution is 2.40. The van der Waals surface area contributed by atoms with Crippen LogP contribution in [0.25, 0.3) is 0 Å². The van der Waals surface area contributed by atoms with Crippen LogP contribution >= 0.6 is 0 Å². The molecule has 0 unspecified atom stereocenters. The number of hydrogen-bond donors (Lipinski definition) is 2. The van der Waals surface area contributed by atoms with E-state index in [1.807, 2.05) is 0 Å². The van der Waals surface area contributed by atoms with Gasteiger partial charge in [0, 0.05) is 18.6 Å². The van der Waals surface area contributed by atoms with Gasteiger partial charge in [0.2, 0.25) is 0 Å². The van der Waals surface area contributed by atoms with Gasteiger partial charge >= 0.3 is 0 Å². The first kappa shape index (κ1) is 14.2. The minimum atomic E-state index is -1.73. The van der Waals surface area contributed by atoms with Gasteiger partial charge in [-0.15, -0.1) is 0 Å². The van der Waals surface area contributed by atoms with E-state index in [1.165, 1.54) is 0 Å². The molecule has 16 heavy (non-hydrogen) atoms. The minimum Gasteiger partial charge on any atom is -0.414 e. The van der Waals surface area contributed by atoms with Gasteiger partial charge in [-0.05, 0) is 31.0 Å². The van der Waals surface area contributed by atoms with Gasteiger partial charge in [-0.1, -0.05) is 20.8 Å². The Morgan fingerprint density at radius 3 is 2.19 bits per heavy atom.